The van der Waals surface area contributed by atoms with Crippen LogP contribution in [0.2, 0.25) is 0 Å². The van der Waals surface area contributed by atoms with Crippen molar-refractivity contribution in [2.24, 2.45) is 0 Å². The first kappa shape index (κ1) is 29.6. The summed E-state index contributed by atoms with van der Waals surface area (Å²) in [6.45, 7) is 2.25. The Labute approximate surface area is 190 Å². The number of nitrogens with zero attached hydrogens (tertiary/aromatic N) is 1. The van der Waals surface area contributed by atoms with E-state index in [2.05, 4.69) is 6.92 Å². The molecule has 1 amide bonds. The van der Waals surface area contributed by atoms with Crippen LogP contribution in [-0.2, 0) is 14.9 Å². The molecule has 0 aromatic rings. The molecule has 0 saturated heterocycles. The first-order valence-electron chi connectivity index (χ1n) is 10.5. The van der Waals surface area contributed by atoms with Crippen LogP contribution in [0.3, 0.4) is 0 Å². The average Bonchev–Trinajstić information content (AvgIpc) is 2.56. The molecular weight excluding hydrogens is 373 g/mol. The molecule has 0 N–H and O–H groups in total. The molecule has 0 rings (SSSR count). The summed E-state index contributed by atoms with van der Waals surface area (Å²) >= 11 is 0. The van der Waals surface area contributed by atoms with Crippen molar-refractivity contribution >= 4 is 16.0 Å². The molecule has 0 aromatic heterocycles. The van der Waals surface area contributed by atoms with Gasteiger partial charge in [0.15, 0.2) is 0 Å². The maximum absolute atomic E-state index is 11.7. The third-order valence-corrected chi connectivity index (χ3v) is 5.48. The number of unbranched alkanes of at least 4 members (excludes halogenated alkanes) is 14. The molecule has 0 aliphatic carbocycles. The molecule has 0 aromatic carbocycles. The predicted molar refractivity (Wildman–Crippen MR) is 107 cm³/mol. The van der Waals surface area contributed by atoms with Crippen molar-refractivity contribution in [1.82, 2.24) is 4.90 Å². The standard InChI is InChI=1S/C20H41NO4S.Na/c1-3-4-5-6-7-8-9-10-11-12-13-14-15-16-17-18-20(22)21(2)19-26(23,24)25;/h3-19H2,1-2H3,(H,23,24,25);/q;+1/p-1. The van der Waals surface area contributed by atoms with Crippen molar-refractivity contribution in [2.45, 2.75) is 110 Å². The molecule has 0 spiro atoms. The summed E-state index contributed by atoms with van der Waals surface area (Å²) in [5.41, 5.74) is 0. The summed E-state index contributed by atoms with van der Waals surface area (Å²) < 4.78 is 31.8. The maximum Gasteiger partial charge on any atom is 1.00 e. The van der Waals surface area contributed by atoms with Gasteiger partial charge in [-0.15, -0.1) is 0 Å². The Kier molecular flexibility index (Phi) is 21.6. The smallest absolute Gasteiger partial charge is 0.747 e. The molecule has 27 heavy (non-hydrogen) atoms. The number of hydrogen-bond donors (Lipinski definition) is 0. The van der Waals surface area contributed by atoms with E-state index >= 15 is 0 Å². The molecule has 0 radical (unpaired) electrons. The Balaban J connectivity index is 0. The molecule has 0 fully saturated rings. The van der Waals surface area contributed by atoms with Gasteiger partial charge >= 0.3 is 29.6 Å². The van der Waals surface area contributed by atoms with E-state index in [1.807, 2.05) is 0 Å². The van der Waals surface area contributed by atoms with Gasteiger partial charge in [-0.05, 0) is 6.42 Å². The van der Waals surface area contributed by atoms with Gasteiger partial charge in [-0.1, -0.05) is 96.8 Å². The van der Waals surface area contributed by atoms with E-state index in [1.165, 1.54) is 84.1 Å². The molecule has 0 atom stereocenters. The van der Waals surface area contributed by atoms with Crippen LogP contribution in [0.15, 0.2) is 0 Å². The third kappa shape index (κ3) is 22.5. The summed E-state index contributed by atoms with van der Waals surface area (Å²) in [6, 6.07) is 0. The number of carbonyl (C=O) groups excluding carboxylic acids is 1. The summed E-state index contributed by atoms with van der Waals surface area (Å²) in [7, 11) is -3.01. The Morgan fingerprint density at radius 1 is 0.741 bits per heavy atom. The molecule has 0 saturated carbocycles. The maximum atomic E-state index is 11.7. The zero-order valence-electron chi connectivity index (χ0n) is 18.0. The van der Waals surface area contributed by atoms with Gasteiger partial charge in [0.25, 0.3) is 0 Å². The van der Waals surface area contributed by atoms with Crippen molar-refractivity contribution in [3.8, 4) is 0 Å². The third-order valence-electron chi connectivity index (χ3n) is 4.77. The minimum atomic E-state index is -4.37. The van der Waals surface area contributed by atoms with Crippen LogP contribution < -0.4 is 29.6 Å². The molecule has 0 aliphatic rings. The second kappa shape index (κ2) is 19.7. The van der Waals surface area contributed by atoms with Crippen molar-refractivity contribution < 1.29 is 47.3 Å². The minimum Gasteiger partial charge on any atom is -0.747 e. The number of carbonyl (C=O) groups is 1. The zero-order valence-corrected chi connectivity index (χ0v) is 20.8. The van der Waals surface area contributed by atoms with Gasteiger partial charge in [0, 0.05) is 13.5 Å². The Morgan fingerprint density at radius 2 is 1.07 bits per heavy atom. The van der Waals surface area contributed by atoms with E-state index in [0.29, 0.717) is 6.42 Å². The van der Waals surface area contributed by atoms with Crippen LogP contribution in [0, 0.1) is 0 Å². The van der Waals surface area contributed by atoms with Crippen molar-refractivity contribution in [2.75, 3.05) is 12.9 Å². The van der Waals surface area contributed by atoms with Gasteiger partial charge in [0.2, 0.25) is 5.91 Å². The van der Waals surface area contributed by atoms with Crippen LogP contribution in [0.1, 0.15) is 110 Å². The molecule has 0 aliphatic heterocycles. The van der Waals surface area contributed by atoms with Gasteiger partial charge < -0.3 is 9.45 Å². The number of rotatable bonds is 18. The average molecular weight is 414 g/mol. The van der Waals surface area contributed by atoms with Crippen molar-refractivity contribution in [3.05, 3.63) is 0 Å². The summed E-state index contributed by atoms with van der Waals surface area (Å²) in [5, 5.41) is 0. The van der Waals surface area contributed by atoms with Gasteiger partial charge in [-0.3, -0.25) is 4.79 Å². The molecule has 0 heterocycles. The van der Waals surface area contributed by atoms with Crippen molar-refractivity contribution in [1.29, 1.82) is 0 Å². The first-order chi connectivity index (χ1) is 12.4. The molecule has 0 bridgehead atoms. The van der Waals surface area contributed by atoms with Crippen LogP contribution in [0.4, 0.5) is 0 Å². The normalized spacial score (nSPS) is 11.2. The molecule has 156 valence electrons. The Hall–Kier alpha value is 0.380. The molecular formula is C20H40NNaO4S. The predicted octanol–water partition coefficient (Wildman–Crippen LogP) is 2.21. The van der Waals surface area contributed by atoms with Gasteiger partial charge in [-0.2, -0.15) is 0 Å². The van der Waals surface area contributed by atoms with Gasteiger partial charge in [-0.25, -0.2) is 8.42 Å². The van der Waals surface area contributed by atoms with E-state index in [-0.39, 0.29) is 35.5 Å². The fraction of sp³-hybridized carbons (Fsp3) is 0.950. The fourth-order valence-corrected chi connectivity index (χ4v) is 3.77. The number of amides is 1. The quantitative estimate of drug-likeness (QED) is 0.196. The summed E-state index contributed by atoms with van der Waals surface area (Å²) in [4.78, 5) is 12.7. The van der Waals surface area contributed by atoms with Crippen LogP contribution in [0.5, 0.6) is 0 Å². The molecule has 5 nitrogen and oxygen atoms in total. The number of hydrogen-bond acceptors (Lipinski definition) is 4. The van der Waals surface area contributed by atoms with Crippen LogP contribution >= 0.6 is 0 Å². The topological polar surface area (TPSA) is 77.5 Å². The van der Waals surface area contributed by atoms with E-state index in [4.69, 9.17) is 0 Å². The monoisotopic (exact) mass is 413 g/mol. The minimum absolute atomic E-state index is 0. The van der Waals surface area contributed by atoms with Crippen LogP contribution in [0.25, 0.3) is 0 Å². The van der Waals surface area contributed by atoms with E-state index in [0.717, 1.165) is 24.2 Å². The summed E-state index contributed by atoms with van der Waals surface area (Å²) in [5.74, 6) is -0.996. The Bertz CT molecular complexity index is 443. The first-order valence-corrected chi connectivity index (χ1v) is 12.1. The Morgan fingerprint density at radius 3 is 1.41 bits per heavy atom. The SMILES string of the molecule is CCCCCCCCCCCCCCCCCC(=O)N(C)CS(=O)(=O)[O-].[Na+]. The van der Waals surface area contributed by atoms with Crippen molar-refractivity contribution in [3.63, 3.8) is 0 Å². The van der Waals surface area contributed by atoms with Gasteiger partial charge in [0.05, 0.1) is 0 Å². The van der Waals surface area contributed by atoms with Gasteiger partial charge in [0.1, 0.15) is 16.0 Å². The fourth-order valence-electron chi connectivity index (χ4n) is 3.15. The van der Waals surface area contributed by atoms with E-state index in [9.17, 15) is 17.8 Å². The molecule has 0 unspecified atom stereocenters. The summed E-state index contributed by atoms with van der Waals surface area (Å²) in [6.07, 6.45) is 19.3. The second-order valence-electron chi connectivity index (χ2n) is 7.48. The second-order valence-corrected chi connectivity index (χ2v) is 8.85. The van der Waals surface area contributed by atoms with Crippen LogP contribution in [-0.4, -0.2) is 36.7 Å². The van der Waals surface area contributed by atoms with E-state index < -0.39 is 16.0 Å². The largest absolute Gasteiger partial charge is 1.00 e. The van der Waals surface area contributed by atoms with E-state index in [1.54, 1.807) is 0 Å². The molecule has 7 heteroatoms. The zero-order chi connectivity index (χ0) is 19.7.